The molecule has 1 aromatic rings. The third-order valence-corrected chi connectivity index (χ3v) is 3.13. The van der Waals surface area contributed by atoms with Gasteiger partial charge >= 0.3 is 0 Å². The molecule has 0 bridgehead atoms. The average molecular weight is 236 g/mol. The van der Waals surface area contributed by atoms with Gasteiger partial charge in [0.05, 0.1) is 13.7 Å². The van der Waals surface area contributed by atoms with E-state index in [9.17, 15) is 0 Å². The second-order valence-electron chi connectivity index (χ2n) is 4.36. The Labute approximate surface area is 102 Å². The zero-order valence-electron chi connectivity index (χ0n) is 10.2. The predicted octanol–water partition coefficient (Wildman–Crippen LogP) is 0.901. The molecule has 2 rings (SSSR count). The summed E-state index contributed by atoms with van der Waals surface area (Å²) in [6.45, 7) is 2.29. The molecule has 0 unspecified atom stereocenters. The third kappa shape index (κ3) is 3.43. The van der Waals surface area contributed by atoms with E-state index < -0.39 is 0 Å². The van der Waals surface area contributed by atoms with Crippen molar-refractivity contribution in [2.45, 2.75) is 25.0 Å². The molecule has 2 atom stereocenters. The number of hydrogen-bond acceptors (Lipinski definition) is 4. The van der Waals surface area contributed by atoms with Crippen molar-refractivity contribution in [2.24, 2.45) is 5.73 Å². The standard InChI is InChI=1S/C13H20N2O2/c1-16-11-4-2-10(3-5-11)8-15-13-6-7-17-9-12(13)14/h2-5,12-13,15H,6-9,14H2,1H3/t12-,13-/m1/s1. The van der Waals surface area contributed by atoms with Crippen LogP contribution in [0.1, 0.15) is 12.0 Å². The van der Waals surface area contributed by atoms with Crippen molar-refractivity contribution in [3.63, 3.8) is 0 Å². The number of ether oxygens (including phenoxy) is 2. The Hall–Kier alpha value is -1.10. The van der Waals surface area contributed by atoms with Crippen molar-refractivity contribution in [3.05, 3.63) is 29.8 Å². The molecule has 4 heteroatoms. The minimum absolute atomic E-state index is 0.0991. The minimum Gasteiger partial charge on any atom is -0.497 e. The Bertz CT molecular complexity index is 340. The lowest BCUT2D eigenvalue weighted by Crippen LogP contribution is -2.50. The molecule has 1 saturated heterocycles. The van der Waals surface area contributed by atoms with Crippen molar-refractivity contribution in [2.75, 3.05) is 20.3 Å². The first kappa shape index (κ1) is 12.4. The highest BCUT2D eigenvalue weighted by Gasteiger charge is 2.21. The first-order valence-corrected chi connectivity index (χ1v) is 5.99. The Morgan fingerprint density at radius 3 is 2.82 bits per heavy atom. The fourth-order valence-corrected chi connectivity index (χ4v) is 2.01. The highest BCUT2D eigenvalue weighted by atomic mass is 16.5. The molecule has 0 aromatic heterocycles. The molecular formula is C13H20N2O2. The molecule has 1 fully saturated rings. The maximum atomic E-state index is 5.98. The average Bonchev–Trinajstić information content (AvgIpc) is 2.38. The van der Waals surface area contributed by atoms with Gasteiger partial charge in [-0.3, -0.25) is 0 Å². The van der Waals surface area contributed by atoms with Gasteiger partial charge < -0.3 is 20.5 Å². The lowest BCUT2D eigenvalue weighted by Gasteiger charge is -2.29. The van der Waals surface area contributed by atoms with Crippen molar-refractivity contribution in [3.8, 4) is 5.75 Å². The monoisotopic (exact) mass is 236 g/mol. The first-order valence-electron chi connectivity index (χ1n) is 5.99. The molecule has 94 valence electrons. The maximum Gasteiger partial charge on any atom is 0.118 e. The van der Waals surface area contributed by atoms with Gasteiger partial charge in [0.25, 0.3) is 0 Å². The maximum absolute atomic E-state index is 5.98. The van der Waals surface area contributed by atoms with Gasteiger partial charge in [-0.05, 0) is 24.1 Å². The largest absolute Gasteiger partial charge is 0.497 e. The molecule has 0 saturated carbocycles. The Morgan fingerprint density at radius 1 is 1.41 bits per heavy atom. The van der Waals surface area contributed by atoms with E-state index in [0.29, 0.717) is 12.6 Å². The Kier molecular flexibility index (Phi) is 4.36. The number of methoxy groups -OCH3 is 1. The zero-order chi connectivity index (χ0) is 12.1. The molecule has 17 heavy (non-hydrogen) atoms. The van der Waals surface area contributed by atoms with Crippen LogP contribution in [0.4, 0.5) is 0 Å². The Morgan fingerprint density at radius 2 is 2.18 bits per heavy atom. The van der Waals surface area contributed by atoms with Gasteiger partial charge in [-0.25, -0.2) is 0 Å². The number of nitrogens with one attached hydrogen (secondary N) is 1. The fraction of sp³-hybridized carbons (Fsp3) is 0.538. The summed E-state index contributed by atoms with van der Waals surface area (Å²) in [5.74, 6) is 0.886. The third-order valence-electron chi connectivity index (χ3n) is 3.13. The highest BCUT2D eigenvalue weighted by Crippen LogP contribution is 2.12. The van der Waals surface area contributed by atoms with E-state index in [1.165, 1.54) is 5.56 Å². The predicted molar refractivity (Wildman–Crippen MR) is 67.0 cm³/mol. The van der Waals surface area contributed by atoms with E-state index >= 15 is 0 Å². The zero-order valence-corrected chi connectivity index (χ0v) is 10.2. The van der Waals surface area contributed by atoms with Gasteiger partial charge in [0.15, 0.2) is 0 Å². The number of hydrogen-bond donors (Lipinski definition) is 2. The van der Waals surface area contributed by atoms with Gasteiger partial charge in [-0.2, -0.15) is 0 Å². The van der Waals surface area contributed by atoms with Crippen LogP contribution >= 0.6 is 0 Å². The summed E-state index contributed by atoms with van der Waals surface area (Å²) in [6.07, 6.45) is 0.983. The molecule has 1 aliphatic rings. The molecular weight excluding hydrogens is 216 g/mol. The molecule has 1 aromatic carbocycles. The van der Waals surface area contributed by atoms with Crippen molar-refractivity contribution >= 4 is 0 Å². The molecule has 3 N–H and O–H groups in total. The van der Waals surface area contributed by atoms with Gasteiger partial charge in [-0.15, -0.1) is 0 Å². The van der Waals surface area contributed by atoms with E-state index in [1.807, 2.05) is 12.1 Å². The smallest absolute Gasteiger partial charge is 0.118 e. The summed E-state index contributed by atoms with van der Waals surface area (Å²) in [6, 6.07) is 8.53. The van der Waals surface area contributed by atoms with Crippen LogP contribution < -0.4 is 15.8 Å². The van der Waals surface area contributed by atoms with Crippen LogP contribution in [0.5, 0.6) is 5.75 Å². The van der Waals surface area contributed by atoms with Crippen LogP contribution in [0.25, 0.3) is 0 Å². The van der Waals surface area contributed by atoms with E-state index in [-0.39, 0.29) is 6.04 Å². The summed E-state index contributed by atoms with van der Waals surface area (Å²) in [5, 5.41) is 3.48. The minimum atomic E-state index is 0.0991. The van der Waals surface area contributed by atoms with E-state index in [1.54, 1.807) is 7.11 Å². The molecule has 0 radical (unpaired) electrons. The summed E-state index contributed by atoms with van der Waals surface area (Å²) >= 11 is 0. The summed E-state index contributed by atoms with van der Waals surface area (Å²) in [7, 11) is 1.67. The van der Waals surface area contributed by atoms with Gasteiger partial charge in [-0.1, -0.05) is 12.1 Å². The topological polar surface area (TPSA) is 56.5 Å². The number of rotatable bonds is 4. The molecule has 1 aliphatic heterocycles. The quantitative estimate of drug-likeness (QED) is 0.815. The summed E-state index contributed by atoms with van der Waals surface area (Å²) in [5.41, 5.74) is 7.22. The normalized spacial score (nSPS) is 24.6. The van der Waals surface area contributed by atoms with Gasteiger partial charge in [0, 0.05) is 25.2 Å². The highest BCUT2D eigenvalue weighted by molar-refractivity contribution is 5.27. The van der Waals surface area contributed by atoms with Gasteiger partial charge in [0.1, 0.15) is 5.75 Å². The molecule has 1 heterocycles. The van der Waals surface area contributed by atoms with E-state index in [2.05, 4.69) is 17.4 Å². The van der Waals surface area contributed by atoms with E-state index in [4.69, 9.17) is 15.2 Å². The van der Waals surface area contributed by atoms with Crippen molar-refractivity contribution < 1.29 is 9.47 Å². The molecule has 4 nitrogen and oxygen atoms in total. The van der Waals surface area contributed by atoms with Crippen molar-refractivity contribution in [1.82, 2.24) is 5.32 Å². The molecule has 0 spiro atoms. The lowest BCUT2D eigenvalue weighted by molar-refractivity contribution is 0.0615. The molecule has 0 amide bonds. The number of nitrogens with two attached hydrogens (primary N) is 1. The first-order chi connectivity index (χ1) is 8.29. The Balaban J connectivity index is 1.84. The van der Waals surface area contributed by atoms with Crippen LogP contribution in [-0.2, 0) is 11.3 Å². The SMILES string of the molecule is COc1ccc(CN[C@@H]2CCOC[C@H]2N)cc1. The van der Waals surface area contributed by atoms with Crippen LogP contribution in [0.15, 0.2) is 24.3 Å². The second kappa shape index (κ2) is 6.00. The lowest BCUT2D eigenvalue weighted by atomic mass is 10.0. The van der Waals surface area contributed by atoms with Gasteiger partial charge in [0.2, 0.25) is 0 Å². The van der Waals surface area contributed by atoms with Crippen molar-refractivity contribution in [1.29, 1.82) is 0 Å². The number of benzene rings is 1. The van der Waals surface area contributed by atoms with E-state index in [0.717, 1.165) is 25.3 Å². The fourth-order valence-electron chi connectivity index (χ4n) is 2.01. The van der Waals surface area contributed by atoms with Crippen LogP contribution in [0.2, 0.25) is 0 Å². The summed E-state index contributed by atoms with van der Waals surface area (Å²) in [4.78, 5) is 0. The summed E-state index contributed by atoms with van der Waals surface area (Å²) < 4.78 is 10.4. The second-order valence-corrected chi connectivity index (χ2v) is 4.36. The van der Waals surface area contributed by atoms with Crippen LogP contribution in [0, 0.1) is 0 Å². The van der Waals surface area contributed by atoms with Crippen LogP contribution in [0.3, 0.4) is 0 Å². The van der Waals surface area contributed by atoms with Crippen LogP contribution in [-0.4, -0.2) is 32.4 Å². The molecule has 0 aliphatic carbocycles.